The van der Waals surface area contributed by atoms with Crippen LogP contribution in [0.4, 0.5) is 16.5 Å². The second kappa shape index (κ2) is 5.96. The number of hydrogen-bond donors (Lipinski definition) is 2. The second-order valence-electron chi connectivity index (χ2n) is 5.52. The highest BCUT2D eigenvalue weighted by Crippen LogP contribution is 2.32. The number of benzene rings is 1. The number of nitro groups is 1. The van der Waals surface area contributed by atoms with Gasteiger partial charge >= 0.3 is 0 Å². The molecular weight excluding hydrogens is 316 g/mol. The van der Waals surface area contributed by atoms with Crippen LogP contribution in [0, 0.1) is 24.0 Å². The Morgan fingerprint density at radius 1 is 1.39 bits per heavy atom. The number of aryl methyl sites for hydroxylation is 2. The Morgan fingerprint density at radius 2 is 2.13 bits per heavy atom. The van der Waals surface area contributed by atoms with Gasteiger partial charge in [-0.1, -0.05) is 0 Å². The highest BCUT2D eigenvalue weighted by molar-refractivity contribution is 7.15. The maximum absolute atomic E-state index is 12.3. The van der Waals surface area contributed by atoms with E-state index in [0.717, 1.165) is 23.4 Å². The Hall–Kier alpha value is -2.48. The minimum atomic E-state index is -0.473. The molecule has 0 spiro atoms. The van der Waals surface area contributed by atoms with Gasteiger partial charge in [-0.15, -0.1) is 11.3 Å². The van der Waals surface area contributed by atoms with Crippen molar-refractivity contribution >= 4 is 33.8 Å². The molecule has 8 heteroatoms. The normalized spacial score (nSPS) is 13.7. The molecule has 120 valence electrons. The smallest absolute Gasteiger partial charge is 0.293 e. The molecule has 1 aliphatic carbocycles. The number of carbonyl (C=O) groups excluding carboxylic acids is 1. The van der Waals surface area contributed by atoms with Crippen LogP contribution in [0.15, 0.2) is 18.2 Å². The standard InChI is InChI=1S/C15H16N4O3S/c1-8-9(2)23-15(16-8)18-14(20)10-3-6-12(17-11-4-5-11)13(7-10)19(21)22/h3,6-7,11,17H,4-5H2,1-2H3,(H,16,18,20). The minimum Gasteiger partial charge on any atom is -0.377 e. The molecule has 1 fully saturated rings. The van der Waals surface area contributed by atoms with Gasteiger partial charge in [0.05, 0.1) is 10.6 Å². The maximum Gasteiger partial charge on any atom is 0.293 e. The highest BCUT2D eigenvalue weighted by Gasteiger charge is 2.25. The van der Waals surface area contributed by atoms with Crippen molar-refractivity contribution in [1.82, 2.24) is 4.98 Å². The van der Waals surface area contributed by atoms with Gasteiger partial charge in [0, 0.05) is 22.5 Å². The van der Waals surface area contributed by atoms with Crippen LogP contribution in [-0.4, -0.2) is 21.9 Å². The van der Waals surface area contributed by atoms with E-state index in [9.17, 15) is 14.9 Å². The lowest BCUT2D eigenvalue weighted by molar-refractivity contribution is -0.384. The summed E-state index contributed by atoms with van der Waals surface area (Å²) in [6, 6.07) is 4.77. The Labute approximate surface area is 136 Å². The first-order valence-electron chi connectivity index (χ1n) is 7.24. The van der Waals surface area contributed by atoms with Crippen molar-refractivity contribution in [3.05, 3.63) is 44.4 Å². The summed E-state index contributed by atoms with van der Waals surface area (Å²) in [4.78, 5) is 28.3. The van der Waals surface area contributed by atoms with Crippen LogP contribution in [0.3, 0.4) is 0 Å². The zero-order valence-electron chi connectivity index (χ0n) is 12.8. The van der Waals surface area contributed by atoms with Crippen molar-refractivity contribution in [1.29, 1.82) is 0 Å². The van der Waals surface area contributed by atoms with Gasteiger partial charge in [-0.25, -0.2) is 4.98 Å². The highest BCUT2D eigenvalue weighted by atomic mass is 32.1. The quantitative estimate of drug-likeness (QED) is 0.645. The van der Waals surface area contributed by atoms with Crippen molar-refractivity contribution < 1.29 is 9.72 Å². The maximum atomic E-state index is 12.3. The molecule has 1 aliphatic rings. The first-order valence-corrected chi connectivity index (χ1v) is 8.06. The van der Waals surface area contributed by atoms with Crippen LogP contribution in [0.1, 0.15) is 33.8 Å². The molecule has 1 amide bonds. The molecule has 0 unspecified atom stereocenters. The average Bonchev–Trinajstić information content (AvgIpc) is 3.25. The number of nitrogens with one attached hydrogen (secondary N) is 2. The van der Waals surface area contributed by atoms with E-state index in [1.807, 2.05) is 13.8 Å². The van der Waals surface area contributed by atoms with Gasteiger partial charge in [0.25, 0.3) is 11.6 Å². The molecule has 0 bridgehead atoms. The van der Waals surface area contributed by atoms with Crippen molar-refractivity contribution in [2.45, 2.75) is 32.7 Å². The fraction of sp³-hybridized carbons (Fsp3) is 0.333. The van der Waals surface area contributed by atoms with E-state index in [2.05, 4.69) is 15.6 Å². The lowest BCUT2D eigenvalue weighted by atomic mass is 10.1. The number of anilines is 2. The molecule has 0 aliphatic heterocycles. The van der Waals surface area contributed by atoms with E-state index in [1.165, 1.54) is 17.4 Å². The van der Waals surface area contributed by atoms with Crippen molar-refractivity contribution in [3.63, 3.8) is 0 Å². The van der Waals surface area contributed by atoms with Gasteiger partial charge in [0.1, 0.15) is 5.69 Å². The summed E-state index contributed by atoms with van der Waals surface area (Å²) in [6.45, 7) is 3.79. The molecule has 1 aromatic heterocycles. The molecular formula is C15H16N4O3S. The number of aromatic nitrogens is 1. The molecule has 1 aromatic carbocycles. The van der Waals surface area contributed by atoms with Crippen molar-refractivity contribution in [2.75, 3.05) is 10.6 Å². The monoisotopic (exact) mass is 332 g/mol. The molecule has 1 saturated carbocycles. The summed E-state index contributed by atoms with van der Waals surface area (Å²) in [5.41, 5.74) is 1.47. The molecule has 0 radical (unpaired) electrons. The number of rotatable bonds is 5. The number of carbonyl (C=O) groups is 1. The predicted molar refractivity (Wildman–Crippen MR) is 89.3 cm³/mol. The van der Waals surface area contributed by atoms with Crippen LogP contribution in [0.5, 0.6) is 0 Å². The van der Waals surface area contributed by atoms with Gasteiger partial charge in [-0.2, -0.15) is 0 Å². The molecule has 2 N–H and O–H groups in total. The molecule has 7 nitrogen and oxygen atoms in total. The van der Waals surface area contributed by atoms with E-state index in [0.29, 0.717) is 16.9 Å². The van der Waals surface area contributed by atoms with Crippen LogP contribution >= 0.6 is 11.3 Å². The summed E-state index contributed by atoms with van der Waals surface area (Å²) in [6.07, 6.45) is 2.03. The lowest BCUT2D eigenvalue weighted by Gasteiger charge is -2.07. The topological polar surface area (TPSA) is 97.2 Å². The van der Waals surface area contributed by atoms with Crippen LogP contribution in [-0.2, 0) is 0 Å². The average molecular weight is 332 g/mol. The molecule has 23 heavy (non-hydrogen) atoms. The van der Waals surface area contributed by atoms with Gasteiger partial charge < -0.3 is 5.32 Å². The number of nitrogens with zero attached hydrogens (tertiary/aromatic N) is 2. The number of nitro benzene ring substituents is 1. The Kier molecular flexibility index (Phi) is 3.99. The molecule has 2 aromatic rings. The van der Waals surface area contributed by atoms with Crippen LogP contribution < -0.4 is 10.6 Å². The fourth-order valence-electron chi connectivity index (χ4n) is 2.09. The Bertz CT molecular complexity index is 764. The fourth-order valence-corrected chi connectivity index (χ4v) is 2.90. The largest absolute Gasteiger partial charge is 0.377 e. The summed E-state index contributed by atoms with van der Waals surface area (Å²) in [7, 11) is 0. The summed E-state index contributed by atoms with van der Waals surface area (Å²) >= 11 is 1.38. The van der Waals surface area contributed by atoms with E-state index < -0.39 is 10.8 Å². The Balaban J connectivity index is 1.82. The van der Waals surface area contributed by atoms with Crippen molar-refractivity contribution in [2.24, 2.45) is 0 Å². The van der Waals surface area contributed by atoms with Crippen molar-refractivity contribution in [3.8, 4) is 0 Å². The summed E-state index contributed by atoms with van der Waals surface area (Å²) < 4.78 is 0. The van der Waals surface area contributed by atoms with Gasteiger partial charge in [-0.05, 0) is 38.8 Å². The summed E-state index contributed by atoms with van der Waals surface area (Å²) in [5.74, 6) is -0.403. The zero-order valence-corrected chi connectivity index (χ0v) is 13.6. The zero-order chi connectivity index (χ0) is 16.6. The third-order valence-corrected chi connectivity index (χ3v) is 4.63. The SMILES string of the molecule is Cc1nc(NC(=O)c2ccc(NC3CC3)c([N+](=O)[O-])c2)sc1C. The number of thiazole rings is 1. The third-order valence-electron chi connectivity index (χ3n) is 3.64. The lowest BCUT2D eigenvalue weighted by Crippen LogP contribution is -2.13. The first-order chi connectivity index (χ1) is 10.9. The van der Waals surface area contributed by atoms with E-state index in [1.54, 1.807) is 12.1 Å². The van der Waals surface area contributed by atoms with Gasteiger partial charge in [0.2, 0.25) is 0 Å². The second-order valence-corrected chi connectivity index (χ2v) is 6.73. The molecule has 0 atom stereocenters. The van der Waals surface area contributed by atoms with E-state index in [4.69, 9.17) is 0 Å². The van der Waals surface area contributed by atoms with E-state index >= 15 is 0 Å². The van der Waals surface area contributed by atoms with Crippen LogP contribution in [0.2, 0.25) is 0 Å². The summed E-state index contributed by atoms with van der Waals surface area (Å²) in [5, 5.41) is 17.5. The number of hydrogen-bond acceptors (Lipinski definition) is 6. The van der Waals surface area contributed by atoms with Gasteiger partial charge in [-0.3, -0.25) is 20.2 Å². The minimum absolute atomic E-state index is 0.0870. The first kappa shape index (κ1) is 15.4. The molecule has 0 saturated heterocycles. The van der Waals surface area contributed by atoms with E-state index in [-0.39, 0.29) is 11.3 Å². The molecule has 3 rings (SSSR count). The number of amides is 1. The Morgan fingerprint density at radius 3 is 2.70 bits per heavy atom. The van der Waals surface area contributed by atoms with Crippen LogP contribution in [0.25, 0.3) is 0 Å². The predicted octanol–water partition coefficient (Wildman–Crippen LogP) is 3.49. The van der Waals surface area contributed by atoms with Gasteiger partial charge in [0.15, 0.2) is 5.13 Å². The molecule has 1 heterocycles. The third kappa shape index (κ3) is 3.48.